The van der Waals surface area contributed by atoms with Crippen LogP contribution >= 0.6 is 15.9 Å². The van der Waals surface area contributed by atoms with Gasteiger partial charge in [-0.05, 0) is 36.2 Å². The molecule has 2 aromatic rings. The number of pyridine rings is 1. The number of carbonyl (C=O) groups is 1. The molecule has 1 aromatic heterocycles. The molecule has 5 heteroatoms. The van der Waals surface area contributed by atoms with Gasteiger partial charge in [-0.15, -0.1) is 0 Å². The van der Waals surface area contributed by atoms with E-state index in [1.54, 1.807) is 12.3 Å². The van der Waals surface area contributed by atoms with Gasteiger partial charge in [0.05, 0.1) is 0 Å². The number of hydrogen-bond donors (Lipinski definition) is 2. The van der Waals surface area contributed by atoms with E-state index in [1.807, 2.05) is 30.3 Å². The lowest BCUT2D eigenvalue weighted by Gasteiger charge is -2.08. The molecule has 0 spiro atoms. The van der Waals surface area contributed by atoms with Crippen molar-refractivity contribution < 1.29 is 4.79 Å². The molecule has 2 N–H and O–H groups in total. The first kappa shape index (κ1) is 15.5. The van der Waals surface area contributed by atoms with Crippen molar-refractivity contribution in [2.75, 3.05) is 11.9 Å². The Bertz CT molecular complexity index is 616. The third-order valence-electron chi connectivity index (χ3n) is 2.91. The lowest BCUT2D eigenvalue weighted by molar-refractivity contribution is 0.0946. The van der Waals surface area contributed by atoms with Crippen LogP contribution in [0.3, 0.4) is 0 Å². The zero-order valence-corrected chi connectivity index (χ0v) is 13.5. The van der Waals surface area contributed by atoms with E-state index < -0.39 is 0 Å². The van der Waals surface area contributed by atoms with Crippen molar-refractivity contribution in [2.24, 2.45) is 0 Å². The summed E-state index contributed by atoms with van der Waals surface area (Å²) in [5.41, 5.74) is 2.38. The van der Waals surface area contributed by atoms with Gasteiger partial charge in [-0.25, -0.2) is 0 Å². The fourth-order valence-electron chi connectivity index (χ4n) is 1.85. The van der Waals surface area contributed by atoms with Crippen LogP contribution in [0.2, 0.25) is 0 Å². The molecule has 0 aliphatic carbocycles. The molecular weight excluding hydrogens is 330 g/mol. The third-order valence-corrected chi connectivity index (χ3v) is 3.41. The van der Waals surface area contributed by atoms with E-state index in [-0.39, 0.29) is 5.91 Å². The lowest BCUT2D eigenvalue weighted by Crippen LogP contribution is -2.23. The van der Waals surface area contributed by atoms with Gasteiger partial charge in [-0.2, -0.15) is 0 Å². The van der Waals surface area contributed by atoms with Crippen molar-refractivity contribution in [1.82, 2.24) is 10.3 Å². The van der Waals surface area contributed by atoms with Crippen molar-refractivity contribution in [2.45, 2.75) is 19.9 Å². The Labute approximate surface area is 133 Å². The zero-order chi connectivity index (χ0) is 15.1. The highest BCUT2D eigenvalue weighted by Crippen LogP contribution is 2.12. The second-order valence-electron chi connectivity index (χ2n) is 4.67. The van der Waals surface area contributed by atoms with E-state index in [0.717, 1.165) is 28.7 Å². The molecule has 0 bridgehead atoms. The van der Waals surface area contributed by atoms with Crippen molar-refractivity contribution >= 4 is 27.5 Å². The van der Waals surface area contributed by atoms with Gasteiger partial charge >= 0.3 is 0 Å². The quantitative estimate of drug-likeness (QED) is 0.839. The number of amides is 1. The fraction of sp³-hybridized carbons (Fsp3) is 0.250. The summed E-state index contributed by atoms with van der Waals surface area (Å²) in [5, 5.41) is 6.12. The molecule has 21 heavy (non-hydrogen) atoms. The minimum Gasteiger partial charge on any atom is -0.385 e. The van der Waals surface area contributed by atoms with Crippen molar-refractivity contribution in [3.8, 4) is 0 Å². The monoisotopic (exact) mass is 347 g/mol. The molecule has 0 saturated carbocycles. The second kappa shape index (κ2) is 7.78. The van der Waals surface area contributed by atoms with Gasteiger partial charge in [0, 0.05) is 29.4 Å². The van der Waals surface area contributed by atoms with E-state index in [1.165, 1.54) is 0 Å². The highest BCUT2D eigenvalue weighted by molar-refractivity contribution is 9.10. The molecule has 1 heterocycles. The molecule has 110 valence electrons. The molecule has 2 rings (SSSR count). The number of carbonyl (C=O) groups excluding carboxylic acids is 1. The third kappa shape index (κ3) is 4.86. The summed E-state index contributed by atoms with van der Waals surface area (Å²) >= 11 is 3.41. The number of rotatable bonds is 6. The molecular formula is C16H18BrN3O. The van der Waals surface area contributed by atoms with Crippen LogP contribution in [-0.4, -0.2) is 17.4 Å². The molecule has 1 amide bonds. The van der Waals surface area contributed by atoms with E-state index in [0.29, 0.717) is 12.2 Å². The first-order valence-corrected chi connectivity index (χ1v) is 7.71. The van der Waals surface area contributed by atoms with Crippen LogP contribution < -0.4 is 10.6 Å². The van der Waals surface area contributed by atoms with Gasteiger partial charge in [0.25, 0.3) is 5.91 Å². The Morgan fingerprint density at radius 1 is 1.29 bits per heavy atom. The summed E-state index contributed by atoms with van der Waals surface area (Å²) in [6.45, 7) is 3.45. The Kier molecular flexibility index (Phi) is 5.75. The standard InChI is InChI=1S/C16H18BrN3O/c1-2-7-18-14-6-8-19-15(10-14)16(21)20-11-12-4-3-5-13(17)9-12/h3-6,8-10H,2,7,11H2,1H3,(H,18,19)(H,20,21). The number of benzene rings is 1. The molecule has 0 radical (unpaired) electrons. The highest BCUT2D eigenvalue weighted by atomic mass is 79.9. The zero-order valence-electron chi connectivity index (χ0n) is 11.9. The number of anilines is 1. The van der Waals surface area contributed by atoms with Crippen LogP contribution in [0.5, 0.6) is 0 Å². The normalized spacial score (nSPS) is 10.2. The number of aromatic nitrogens is 1. The predicted molar refractivity (Wildman–Crippen MR) is 88.3 cm³/mol. The minimum absolute atomic E-state index is 0.171. The smallest absolute Gasteiger partial charge is 0.270 e. The number of hydrogen-bond acceptors (Lipinski definition) is 3. The molecule has 0 saturated heterocycles. The average molecular weight is 348 g/mol. The summed E-state index contributed by atoms with van der Waals surface area (Å²) < 4.78 is 0.998. The Morgan fingerprint density at radius 3 is 2.90 bits per heavy atom. The summed E-state index contributed by atoms with van der Waals surface area (Å²) in [7, 11) is 0. The van der Waals surface area contributed by atoms with Gasteiger partial charge in [-0.3, -0.25) is 9.78 Å². The largest absolute Gasteiger partial charge is 0.385 e. The maximum atomic E-state index is 12.1. The second-order valence-corrected chi connectivity index (χ2v) is 5.58. The van der Waals surface area contributed by atoms with Crippen LogP contribution in [0.1, 0.15) is 29.4 Å². The fourth-order valence-corrected chi connectivity index (χ4v) is 2.30. The number of nitrogens with zero attached hydrogens (tertiary/aromatic N) is 1. The van der Waals surface area contributed by atoms with E-state index in [4.69, 9.17) is 0 Å². The van der Waals surface area contributed by atoms with Crippen LogP contribution in [0.15, 0.2) is 47.1 Å². The SMILES string of the molecule is CCCNc1ccnc(C(=O)NCc2cccc(Br)c2)c1. The summed E-state index contributed by atoms with van der Waals surface area (Å²) in [6.07, 6.45) is 2.68. The van der Waals surface area contributed by atoms with Gasteiger partial charge < -0.3 is 10.6 Å². The molecule has 0 atom stereocenters. The van der Waals surface area contributed by atoms with Crippen molar-refractivity contribution in [1.29, 1.82) is 0 Å². The molecule has 4 nitrogen and oxygen atoms in total. The molecule has 0 unspecified atom stereocenters. The lowest BCUT2D eigenvalue weighted by atomic mass is 10.2. The first-order valence-electron chi connectivity index (χ1n) is 6.91. The van der Waals surface area contributed by atoms with Gasteiger partial charge in [0.15, 0.2) is 0 Å². The Balaban J connectivity index is 1.96. The van der Waals surface area contributed by atoms with E-state index >= 15 is 0 Å². The van der Waals surface area contributed by atoms with Crippen LogP contribution in [0.4, 0.5) is 5.69 Å². The minimum atomic E-state index is -0.171. The Hall–Kier alpha value is -1.88. The number of nitrogens with one attached hydrogen (secondary N) is 2. The highest BCUT2D eigenvalue weighted by Gasteiger charge is 2.07. The average Bonchev–Trinajstić information content (AvgIpc) is 2.51. The molecule has 0 fully saturated rings. The maximum absolute atomic E-state index is 12.1. The van der Waals surface area contributed by atoms with Gasteiger partial charge in [0.2, 0.25) is 0 Å². The van der Waals surface area contributed by atoms with Gasteiger partial charge in [0.1, 0.15) is 5.69 Å². The molecule has 0 aliphatic heterocycles. The Morgan fingerprint density at radius 2 is 2.14 bits per heavy atom. The van der Waals surface area contributed by atoms with Crippen LogP contribution in [0.25, 0.3) is 0 Å². The van der Waals surface area contributed by atoms with Crippen molar-refractivity contribution in [3.05, 3.63) is 58.3 Å². The van der Waals surface area contributed by atoms with Crippen LogP contribution in [0, 0.1) is 0 Å². The summed E-state index contributed by atoms with van der Waals surface area (Å²) in [4.78, 5) is 16.2. The predicted octanol–water partition coefficient (Wildman–Crippen LogP) is 3.60. The van der Waals surface area contributed by atoms with Crippen LogP contribution in [-0.2, 0) is 6.54 Å². The maximum Gasteiger partial charge on any atom is 0.270 e. The summed E-state index contributed by atoms with van der Waals surface area (Å²) in [5.74, 6) is -0.171. The summed E-state index contributed by atoms with van der Waals surface area (Å²) in [6, 6.07) is 11.5. The van der Waals surface area contributed by atoms with Gasteiger partial charge in [-0.1, -0.05) is 35.0 Å². The van der Waals surface area contributed by atoms with Crippen molar-refractivity contribution in [3.63, 3.8) is 0 Å². The number of halogens is 1. The molecule has 1 aromatic carbocycles. The molecule has 0 aliphatic rings. The first-order chi connectivity index (χ1) is 10.2. The topological polar surface area (TPSA) is 54.0 Å². The van der Waals surface area contributed by atoms with E-state index in [2.05, 4.69) is 38.5 Å². The van der Waals surface area contributed by atoms with E-state index in [9.17, 15) is 4.79 Å².